The normalized spacial score (nSPS) is 11.9. The van der Waals surface area contributed by atoms with Crippen LogP contribution >= 0.6 is 0 Å². The number of benzene rings is 3. The van der Waals surface area contributed by atoms with E-state index in [4.69, 9.17) is 14.2 Å². The minimum absolute atomic E-state index is 0.0711. The summed E-state index contributed by atoms with van der Waals surface area (Å²) in [5.74, 6) is 1.91. The van der Waals surface area contributed by atoms with Gasteiger partial charge in [0.25, 0.3) is 5.91 Å². The van der Waals surface area contributed by atoms with Gasteiger partial charge in [-0.25, -0.2) is 0 Å². The molecule has 0 spiro atoms. The van der Waals surface area contributed by atoms with Crippen molar-refractivity contribution in [3.8, 4) is 11.5 Å². The fraction of sp³-hybridized carbons (Fsp3) is 0.459. The number of anilines is 1. The van der Waals surface area contributed by atoms with Crippen molar-refractivity contribution in [2.24, 2.45) is 11.8 Å². The first kappa shape index (κ1) is 33.7. The lowest BCUT2D eigenvalue weighted by atomic mass is 9.96. The van der Waals surface area contributed by atoms with E-state index in [0.29, 0.717) is 42.8 Å². The molecule has 43 heavy (non-hydrogen) atoms. The van der Waals surface area contributed by atoms with Crippen LogP contribution in [0.3, 0.4) is 0 Å². The Balaban J connectivity index is 1.77. The molecule has 0 bridgehead atoms. The maximum Gasteiger partial charge on any atom is 0.305 e. The summed E-state index contributed by atoms with van der Waals surface area (Å²) >= 11 is 0. The highest BCUT2D eigenvalue weighted by Gasteiger charge is 2.21. The zero-order chi connectivity index (χ0) is 31.5. The van der Waals surface area contributed by atoms with Crippen LogP contribution in [0, 0.1) is 32.6 Å². The second-order valence-electron chi connectivity index (χ2n) is 12.1. The third-order valence-corrected chi connectivity index (χ3v) is 7.44. The first-order valence-corrected chi connectivity index (χ1v) is 15.5. The second kappa shape index (κ2) is 16.2. The molecule has 6 nitrogen and oxygen atoms in total. The van der Waals surface area contributed by atoms with E-state index in [2.05, 4.69) is 57.3 Å². The van der Waals surface area contributed by atoms with Gasteiger partial charge in [0.05, 0.1) is 18.8 Å². The number of hydrogen-bond donors (Lipinski definition) is 1. The highest BCUT2D eigenvalue weighted by Crippen LogP contribution is 2.37. The van der Waals surface area contributed by atoms with Crippen molar-refractivity contribution in [2.45, 2.75) is 87.2 Å². The Hall–Kier alpha value is -3.80. The summed E-state index contributed by atoms with van der Waals surface area (Å²) < 4.78 is 17.6. The molecule has 1 N–H and O–H groups in total. The van der Waals surface area contributed by atoms with Gasteiger partial charge in [0.15, 0.2) is 0 Å². The average Bonchev–Trinajstić information content (AvgIpc) is 2.96. The smallest absolute Gasteiger partial charge is 0.305 e. The van der Waals surface area contributed by atoms with Crippen LogP contribution in [0.1, 0.15) is 98.2 Å². The first-order valence-electron chi connectivity index (χ1n) is 15.5. The third kappa shape index (κ3) is 9.87. The summed E-state index contributed by atoms with van der Waals surface area (Å²) in [5.41, 5.74) is 6.62. The number of amides is 1. The zero-order valence-corrected chi connectivity index (χ0v) is 27.2. The highest BCUT2D eigenvalue weighted by atomic mass is 16.5. The van der Waals surface area contributed by atoms with Gasteiger partial charge in [-0.15, -0.1) is 0 Å². The number of ether oxygens (including phenoxy) is 3. The van der Waals surface area contributed by atoms with Crippen molar-refractivity contribution in [3.05, 3.63) is 88.0 Å². The number of nitrogens with one attached hydrogen (secondary N) is 1. The topological polar surface area (TPSA) is 73.9 Å². The molecule has 1 amide bonds. The molecule has 0 aliphatic rings. The monoisotopic (exact) mass is 587 g/mol. The Morgan fingerprint density at radius 3 is 2.23 bits per heavy atom. The SMILES string of the molecule is CCOC(=O)CCCOc1ccccc1C(=O)Nc1cc(C)c(OC(CC(C)C)c2ccc(CC(C)C)cc2)c(C)c1C. The molecule has 0 aromatic heterocycles. The van der Waals surface area contributed by atoms with Crippen LogP contribution in [0.15, 0.2) is 54.6 Å². The zero-order valence-electron chi connectivity index (χ0n) is 27.2. The van der Waals surface area contributed by atoms with Gasteiger partial charge in [0.1, 0.15) is 17.6 Å². The van der Waals surface area contributed by atoms with E-state index in [9.17, 15) is 9.59 Å². The molecule has 3 rings (SSSR count). The Morgan fingerprint density at radius 2 is 1.58 bits per heavy atom. The molecule has 0 saturated carbocycles. The molecule has 0 fully saturated rings. The van der Waals surface area contributed by atoms with Gasteiger partial charge in [-0.3, -0.25) is 9.59 Å². The molecule has 3 aromatic rings. The average molecular weight is 588 g/mol. The molecule has 0 aliphatic carbocycles. The summed E-state index contributed by atoms with van der Waals surface area (Å²) in [7, 11) is 0. The Bertz CT molecular complexity index is 1360. The third-order valence-electron chi connectivity index (χ3n) is 7.44. The maximum absolute atomic E-state index is 13.4. The number of aryl methyl sites for hydroxylation is 1. The van der Waals surface area contributed by atoms with Gasteiger partial charge in [0, 0.05) is 12.1 Å². The number of esters is 1. The van der Waals surface area contributed by atoms with Crippen LogP contribution in [-0.4, -0.2) is 25.1 Å². The Kier molecular flexibility index (Phi) is 12.7. The predicted molar refractivity (Wildman–Crippen MR) is 174 cm³/mol. The van der Waals surface area contributed by atoms with Crippen molar-refractivity contribution in [1.29, 1.82) is 0 Å². The molecule has 0 radical (unpaired) electrons. The Labute approximate surface area is 258 Å². The van der Waals surface area contributed by atoms with E-state index in [-0.39, 0.29) is 24.4 Å². The minimum atomic E-state index is -0.254. The van der Waals surface area contributed by atoms with Gasteiger partial charge in [-0.05, 0) is 105 Å². The second-order valence-corrected chi connectivity index (χ2v) is 12.1. The largest absolute Gasteiger partial charge is 0.493 e. The number of carbonyl (C=O) groups excluding carboxylic acids is 2. The quantitative estimate of drug-likeness (QED) is 0.142. The van der Waals surface area contributed by atoms with Crippen molar-refractivity contribution in [2.75, 3.05) is 18.5 Å². The van der Waals surface area contributed by atoms with Gasteiger partial charge in [-0.1, -0.05) is 64.1 Å². The first-order chi connectivity index (χ1) is 20.5. The lowest BCUT2D eigenvalue weighted by molar-refractivity contribution is -0.143. The van der Waals surface area contributed by atoms with Crippen molar-refractivity contribution in [1.82, 2.24) is 0 Å². The van der Waals surface area contributed by atoms with E-state index < -0.39 is 0 Å². The van der Waals surface area contributed by atoms with E-state index in [1.54, 1.807) is 19.1 Å². The van der Waals surface area contributed by atoms with Crippen LogP contribution in [0.2, 0.25) is 0 Å². The fourth-order valence-corrected chi connectivity index (χ4v) is 5.13. The Morgan fingerprint density at radius 1 is 0.884 bits per heavy atom. The molecule has 232 valence electrons. The number of carbonyl (C=O) groups is 2. The fourth-order valence-electron chi connectivity index (χ4n) is 5.13. The summed E-state index contributed by atoms with van der Waals surface area (Å²) in [5, 5.41) is 3.09. The van der Waals surface area contributed by atoms with E-state index in [1.807, 2.05) is 39.0 Å². The summed E-state index contributed by atoms with van der Waals surface area (Å²) in [6.45, 7) is 17.4. The van der Waals surface area contributed by atoms with Gasteiger partial charge >= 0.3 is 5.97 Å². The number of rotatable bonds is 15. The minimum Gasteiger partial charge on any atom is -0.493 e. The molecule has 3 aromatic carbocycles. The number of para-hydroxylation sites is 1. The van der Waals surface area contributed by atoms with Crippen LogP contribution in [-0.2, 0) is 16.0 Å². The molecular formula is C37H49NO5. The van der Waals surface area contributed by atoms with E-state index >= 15 is 0 Å². The maximum atomic E-state index is 13.4. The molecule has 1 atom stereocenters. The van der Waals surface area contributed by atoms with E-state index in [0.717, 1.165) is 41.0 Å². The summed E-state index contributed by atoms with van der Waals surface area (Å²) in [4.78, 5) is 25.0. The molecule has 0 heterocycles. The van der Waals surface area contributed by atoms with Crippen molar-refractivity contribution >= 4 is 17.6 Å². The predicted octanol–water partition coefficient (Wildman–Crippen LogP) is 8.95. The van der Waals surface area contributed by atoms with Gasteiger partial charge < -0.3 is 19.5 Å². The van der Waals surface area contributed by atoms with Crippen LogP contribution in [0.4, 0.5) is 5.69 Å². The molecule has 0 saturated heterocycles. The van der Waals surface area contributed by atoms with E-state index in [1.165, 1.54) is 11.1 Å². The van der Waals surface area contributed by atoms with Crippen molar-refractivity contribution in [3.63, 3.8) is 0 Å². The lowest BCUT2D eigenvalue weighted by Gasteiger charge is -2.25. The highest BCUT2D eigenvalue weighted by molar-refractivity contribution is 6.06. The summed E-state index contributed by atoms with van der Waals surface area (Å²) in [6.07, 6.45) is 2.67. The van der Waals surface area contributed by atoms with Crippen LogP contribution < -0.4 is 14.8 Å². The summed E-state index contributed by atoms with van der Waals surface area (Å²) in [6, 6.07) is 18.0. The van der Waals surface area contributed by atoms with Crippen LogP contribution in [0.5, 0.6) is 11.5 Å². The lowest BCUT2D eigenvalue weighted by Crippen LogP contribution is -2.16. The molecule has 6 heteroatoms. The standard InChI is InChI=1S/C37H49NO5/c1-9-41-35(39)15-12-20-42-33-14-11-10-13-31(33)37(40)38-32-23-26(6)36(28(8)27(32)7)43-34(22-25(4)5)30-18-16-29(17-19-30)21-24(2)3/h10-11,13-14,16-19,23-25,34H,9,12,15,20-22H2,1-8H3,(H,38,40). The number of hydrogen-bond acceptors (Lipinski definition) is 5. The van der Waals surface area contributed by atoms with Gasteiger partial charge in [-0.2, -0.15) is 0 Å². The van der Waals surface area contributed by atoms with Gasteiger partial charge in [0.2, 0.25) is 0 Å². The molecular weight excluding hydrogens is 538 g/mol. The van der Waals surface area contributed by atoms with Crippen molar-refractivity contribution < 1.29 is 23.8 Å². The molecule has 0 aliphatic heterocycles. The van der Waals surface area contributed by atoms with Crippen LogP contribution in [0.25, 0.3) is 0 Å². The molecule has 1 unspecified atom stereocenters.